The molecule has 2 rings (SSSR count). The van der Waals surface area contributed by atoms with Crippen molar-refractivity contribution < 1.29 is 9.47 Å². The van der Waals surface area contributed by atoms with Gasteiger partial charge in [-0.1, -0.05) is 6.92 Å². The maximum absolute atomic E-state index is 5.96. The van der Waals surface area contributed by atoms with Crippen LogP contribution >= 0.6 is 0 Å². The van der Waals surface area contributed by atoms with Gasteiger partial charge in [-0.05, 0) is 32.2 Å². The highest BCUT2D eigenvalue weighted by molar-refractivity contribution is 5.79. The van der Waals surface area contributed by atoms with E-state index in [4.69, 9.17) is 9.47 Å². The van der Waals surface area contributed by atoms with Crippen LogP contribution in [0.1, 0.15) is 26.2 Å². The summed E-state index contributed by atoms with van der Waals surface area (Å²) in [6.07, 6.45) is 3.51. The van der Waals surface area contributed by atoms with E-state index in [1.807, 2.05) is 7.05 Å². The van der Waals surface area contributed by atoms with Gasteiger partial charge >= 0.3 is 0 Å². The van der Waals surface area contributed by atoms with Crippen LogP contribution in [0.3, 0.4) is 0 Å². The maximum Gasteiger partial charge on any atom is 0.193 e. The van der Waals surface area contributed by atoms with Crippen LogP contribution < -0.4 is 5.32 Å². The van der Waals surface area contributed by atoms with Gasteiger partial charge < -0.3 is 29.5 Å². The van der Waals surface area contributed by atoms with Gasteiger partial charge in [-0.15, -0.1) is 0 Å². The van der Waals surface area contributed by atoms with E-state index in [0.717, 1.165) is 64.6 Å². The first-order chi connectivity index (χ1) is 13.1. The van der Waals surface area contributed by atoms with E-state index < -0.39 is 0 Å². The minimum Gasteiger partial charge on any atom is -0.385 e. The number of aliphatic imine (C=N–C) groups is 1. The number of rotatable bonds is 9. The molecule has 7 heteroatoms. The Hall–Kier alpha value is -0.890. The molecule has 0 aromatic rings. The highest BCUT2D eigenvalue weighted by Gasteiger charge is 2.22. The Morgan fingerprint density at radius 3 is 2.44 bits per heavy atom. The number of piperidine rings is 1. The number of hydrogen-bond donors (Lipinski definition) is 1. The van der Waals surface area contributed by atoms with Gasteiger partial charge in [0.25, 0.3) is 0 Å². The number of piperazine rings is 1. The van der Waals surface area contributed by atoms with Crippen molar-refractivity contribution in [2.45, 2.75) is 32.3 Å². The summed E-state index contributed by atoms with van der Waals surface area (Å²) in [5, 5.41) is 3.59. The van der Waals surface area contributed by atoms with Crippen molar-refractivity contribution in [3.05, 3.63) is 0 Å². The van der Waals surface area contributed by atoms with E-state index >= 15 is 0 Å². The van der Waals surface area contributed by atoms with Crippen molar-refractivity contribution in [2.24, 2.45) is 10.9 Å². The number of likely N-dealkylation sites (tertiary alicyclic amines) is 1. The number of guanidine groups is 1. The number of hydrogen-bond acceptors (Lipinski definition) is 5. The molecule has 0 aromatic heterocycles. The van der Waals surface area contributed by atoms with Gasteiger partial charge in [0.05, 0.1) is 6.10 Å². The van der Waals surface area contributed by atoms with Crippen LogP contribution in [0.5, 0.6) is 0 Å². The Morgan fingerprint density at radius 1 is 1.11 bits per heavy atom. The fourth-order valence-corrected chi connectivity index (χ4v) is 3.82. The van der Waals surface area contributed by atoms with Crippen LogP contribution in [0, 0.1) is 5.92 Å². The van der Waals surface area contributed by atoms with E-state index in [0.29, 0.717) is 12.0 Å². The molecule has 27 heavy (non-hydrogen) atoms. The topological polar surface area (TPSA) is 52.6 Å². The van der Waals surface area contributed by atoms with Crippen LogP contribution in [0.25, 0.3) is 0 Å². The molecular formula is C20H41N5O2. The average Bonchev–Trinajstić information content (AvgIpc) is 2.68. The monoisotopic (exact) mass is 383 g/mol. The summed E-state index contributed by atoms with van der Waals surface area (Å²) in [6.45, 7) is 12.8. The zero-order valence-corrected chi connectivity index (χ0v) is 18.0. The Balaban J connectivity index is 1.62. The van der Waals surface area contributed by atoms with E-state index in [1.54, 1.807) is 7.11 Å². The second-order valence-corrected chi connectivity index (χ2v) is 8.04. The van der Waals surface area contributed by atoms with Gasteiger partial charge in [-0.3, -0.25) is 4.99 Å². The number of ether oxygens (including phenoxy) is 2. The standard InChI is InChI=1S/C20H41N5O2/c1-18(17-24-12-10-23(3)11-13-24)16-22-20(21-2)25-8-6-19(7-9-25)27-15-5-14-26-4/h18-19H,5-17H2,1-4H3,(H,21,22). The SMILES string of the molecule is CN=C(NCC(C)CN1CCN(C)CC1)N1CCC(OCCCOC)CC1. The predicted octanol–water partition coefficient (Wildman–Crippen LogP) is 0.963. The molecule has 158 valence electrons. The molecule has 0 aliphatic carbocycles. The van der Waals surface area contributed by atoms with Gasteiger partial charge in [-0.25, -0.2) is 0 Å². The van der Waals surface area contributed by atoms with Crippen LogP contribution in [0.2, 0.25) is 0 Å². The molecule has 0 saturated carbocycles. The molecular weight excluding hydrogens is 342 g/mol. The molecule has 1 atom stereocenters. The first kappa shape index (κ1) is 22.4. The Kier molecular flexibility index (Phi) is 10.4. The summed E-state index contributed by atoms with van der Waals surface area (Å²) in [7, 11) is 5.84. The summed E-state index contributed by atoms with van der Waals surface area (Å²) >= 11 is 0. The molecule has 0 amide bonds. The van der Waals surface area contributed by atoms with Crippen LogP contribution in [-0.4, -0.2) is 114 Å². The smallest absolute Gasteiger partial charge is 0.193 e. The van der Waals surface area contributed by atoms with E-state index in [-0.39, 0.29) is 0 Å². The summed E-state index contributed by atoms with van der Waals surface area (Å²) in [5.74, 6) is 1.66. The molecule has 1 unspecified atom stereocenters. The molecule has 0 bridgehead atoms. The Labute approximate surface area is 166 Å². The summed E-state index contributed by atoms with van der Waals surface area (Å²) in [4.78, 5) is 11.9. The van der Waals surface area contributed by atoms with Gasteiger partial charge in [-0.2, -0.15) is 0 Å². The first-order valence-corrected chi connectivity index (χ1v) is 10.6. The lowest BCUT2D eigenvalue weighted by Gasteiger charge is -2.36. The molecule has 0 spiro atoms. The minimum atomic E-state index is 0.382. The maximum atomic E-state index is 5.96. The quantitative estimate of drug-likeness (QED) is 0.364. The normalized spacial score (nSPS) is 22.2. The molecule has 2 aliphatic rings. The van der Waals surface area contributed by atoms with Crippen LogP contribution in [0.4, 0.5) is 0 Å². The predicted molar refractivity (Wildman–Crippen MR) is 112 cm³/mol. The molecule has 2 heterocycles. The van der Waals surface area contributed by atoms with Crippen molar-refractivity contribution >= 4 is 5.96 Å². The Morgan fingerprint density at radius 2 is 1.81 bits per heavy atom. The lowest BCUT2D eigenvalue weighted by atomic mass is 10.1. The number of nitrogens with zero attached hydrogens (tertiary/aromatic N) is 4. The van der Waals surface area contributed by atoms with Crippen molar-refractivity contribution in [3.8, 4) is 0 Å². The number of likely N-dealkylation sites (N-methyl/N-ethyl adjacent to an activating group) is 1. The van der Waals surface area contributed by atoms with Crippen molar-refractivity contribution in [1.82, 2.24) is 20.0 Å². The molecule has 2 saturated heterocycles. The lowest BCUT2D eigenvalue weighted by molar-refractivity contribution is 0.00987. The third-order valence-corrected chi connectivity index (χ3v) is 5.57. The Bertz CT molecular complexity index is 419. The lowest BCUT2D eigenvalue weighted by Crippen LogP contribution is -2.49. The van der Waals surface area contributed by atoms with Crippen molar-refractivity contribution in [2.75, 3.05) is 86.8 Å². The average molecular weight is 384 g/mol. The molecule has 2 fully saturated rings. The van der Waals surface area contributed by atoms with Crippen molar-refractivity contribution in [1.29, 1.82) is 0 Å². The highest BCUT2D eigenvalue weighted by Crippen LogP contribution is 2.14. The summed E-state index contributed by atoms with van der Waals surface area (Å²) < 4.78 is 11.0. The zero-order chi connectivity index (χ0) is 19.5. The van der Waals surface area contributed by atoms with E-state index in [2.05, 4.69) is 39.0 Å². The number of nitrogens with one attached hydrogen (secondary N) is 1. The van der Waals surface area contributed by atoms with Crippen LogP contribution in [0.15, 0.2) is 4.99 Å². The molecule has 1 N–H and O–H groups in total. The zero-order valence-electron chi connectivity index (χ0n) is 18.0. The third kappa shape index (κ3) is 8.34. The summed E-state index contributed by atoms with van der Waals surface area (Å²) in [5.41, 5.74) is 0. The number of methoxy groups -OCH3 is 1. The molecule has 7 nitrogen and oxygen atoms in total. The molecule has 2 aliphatic heterocycles. The van der Waals surface area contributed by atoms with E-state index in [1.165, 1.54) is 26.2 Å². The molecule has 0 radical (unpaired) electrons. The largest absolute Gasteiger partial charge is 0.385 e. The van der Waals surface area contributed by atoms with Gasteiger partial charge in [0, 0.05) is 79.7 Å². The van der Waals surface area contributed by atoms with Crippen molar-refractivity contribution in [3.63, 3.8) is 0 Å². The van der Waals surface area contributed by atoms with Crippen LogP contribution in [-0.2, 0) is 9.47 Å². The third-order valence-electron chi connectivity index (χ3n) is 5.57. The fourth-order valence-electron chi connectivity index (χ4n) is 3.82. The highest BCUT2D eigenvalue weighted by atomic mass is 16.5. The minimum absolute atomic E-state index is 0.382. The second kappa shape index (κ2) is 12.5. The first-order valence-electron chi connectivity index (χ1n) is 10.6. The second-order valence-electron chi connectivity index (χ2n) is 8.04. The fraction of sp³-hybridized carbons (Fsp3) is 0.950. The van der Waals surface area contributed by atoms with E-state index in [9.17, 15) is 0 Å². The summed E-state index contributed by atoms with van der Waals surface area (Å²) in [6, 6.07) is 0. The molecule has 0 aromatic carbocycles. The van der Waals surface area contributed by atoms with Gasteiger partial charge in [0.15, 0.2) is 5.96 Å². The van der Waals surface area contributed by atoms with Gasteiger partial charge in [0.1, 0.15) is 0 Å². The van der Waals surface area contributed by atoms with Gasteiger partial charge in [0.2, 0.25) is 0 Å².